The lowest BCUT2D eigenvalue weighted by molar-refractivity contribution is -0.126. The number of aromatic nitrogens is 1. The Morgan fingerprint density at radius 1 is 1.28 bits per heavy atom. The number of carbonyl (C=O) groups is 1. The maximum absolute atomic E-state index is 12.5. The maximum Gasteiger partial charge on any atom is 0.252 e. The van der Waals surface area contributed by atoms with Crippen molar-refractivity contribution in [2.45, 2.75) is 30.0 Å². The number of carbonyl (C=O) groups excluding carboxylic acids is 1. The molecule has 0 aromatic carbocycles. The van der Waals surface area contributed by atoms with Crippen LogP contribution in [0.4, 0.5) is 0 Å². The van der Waals surface area contributed by atoms with E-state index in [1.54, 1.807) is 29.9 Å². The first kappa shape index (κ1) is 18.0. The van der Waals surface area contributed by atoms with Gasteiger partial charge in [-0.1, -0.05) is 6.07 Å². The Morgan fingerprint density at radius 3 is 2.56 bits per heavy atom. The molecule has 3 heterocycles. The second-order valence-electron chi connectivity index (χ2n) is 6.12. The molecule has 2 aromatic heterocycles. The molecule has 0 aliphatic carbocycles. The summed E-state index contributed by atoms with van der Waals surface area (Å²) in [4.78, 5) is 16.4. The van der Waals surface area contributed by atoms with Crippen LogP contribution in [0, 0.1) is 5.92 Å². The van der Waals surface area contributed by atoms with Crippen LogP contribution in [0.2, 0.25) is 0 Å². The molecule has 1 aliphatic heterocycles. The standard InChI is InChI=1S/C17H21N3O3S2/c1-13(14-4-8-18-9-5-14)19-17(21)15-6-10-20(11-7-15)25(22,23)16-3-2-12-24-16/h2-5,8-9,12-13,15H,6-7,10-11H2,1H3,(H,19,21). The van der Waals surface area contributed by atoms with Crippen molar-refractivity contribution in [1.29, 1.82) is 0 Å². The number of nitrogens with zero attached hydrogens (tertiary/aromatic N) is 2. The average molecular weight is 380 g/mol. The van der Waals surface area contributed by atoms with Gasteiger partial charge in [0.05, 0.1) is 6.04 Å². The Bertz CT molecular complexity index is 799. The molecule has 8 heteroatoms. The van der Waals surface area contributed by atoms with Crippen LogP contribution in [0.3, 0.4) is 0 Å². The summed E-state index contributed by atoms with van der Waals surface area (Å²) in [5, 5.41) is 4.77. The Labute approximate surface area is 151 Å². The predicted molar refractivity (Wildman–Crippen MR) is 96.6 cm³/mol. The van der Waals surface area contributed by atoms with Crippen LogP contribution >= 0.6 is 11.3 Å². The van der Waals surface area contributed by atoms with E-state index in [2.05, 4.69) is 10.3 Å². The average Bonchev–Trinajstić information content (AvgIpc) is 3.18. The van der Waals surface area contributed by atoms with Crippen molar-refractivity contribution < 1.29 is 13.2 Å². The zero-order valence-corrected chi connectivity index (χ0v) is 15.6. The van der Waals surface area contributed by atoms with Crippen LogP contribution in [0.15, 0.2) is 46.2 Å². The number of amides is 1. The molecule has 2 aromatic rings. The number of thiophene rings is 1. The second-order valence-corrected chi connectivity index (χ2v) is 9.23. The van der Waals surface area contributed by atoms with Crippen molar-refractivity contribution in [3.05, 3.63) is 47.6 Å². The molecule has 25 heavy (non-hydrogen) atoms. The number of pyridine rings is 1. The number of piperidine rings is 1. The quantitative estimate of drug-likeness (QED) is 0.865. The normalized spacial score (nSPS) is 18.0. The van der Waals surface area contributed by atoms with Crippen molar-refractivity contribution in [3.63, 3.8) is 0 Å². The van der Waals surface area contributed by atoms with Crippen LogP contribution in [0.5, 0.6) is 0 Å². The highest BCUT2D eigenvalue weighted by Gasteiger charge is 2.32. The van der Waals surface area contributed by atoms with Crippen LogP contribution in [-0.4, -0.2) is 36.7 Å². The fraction of sp³-hybridized carbons (Fsp3) is 0.412. The summed E-state index contributed by atoms with van der Waals surface area (Å²) in [6, 6.07) is 7.01. The van der Waals surface area contributed by atoms with Crippen molar-refractivity contribution in [2.75, 3.05) is 13.1 Å². The Kier molecular flexibility index (Phi) is 5.51. The second kappa shape index (κ2) is 7.63. The van der Waals surface area contributed by atoms with Gasteiger partial charge in [-0.15, -0.1) is 11.3 Å². The summed E-state index contributed by atoms with van der Waals surface area (Å²) < 4.78 is 26.9. The molecule has 3 rings (SSSR count). The highest BCUT2D eigenvalue weighted by Crippen LogP contribution is 2.26. The molecule has 0 spiro atoms. The van der Waals surface area contributed by atoms with Crippen molar-refractivity contribution in [3.8, 4) is 0 Å². The summed E-state index contributed by atoms with van der Waals surface area (Å²) in [5.74, 6) is -0.170. The summed E-state index contributed by atoms with van der Waals surface area (Å²) >= 11 is 1.22. The first-order valence-corrected chi connectivity index (χ1v) is 10.5. The molecule has 1 unspecified atom stereocenters. The molecule has 1 fully saturated rings. The predicted octanol–water partition coefficient (Wildman–Crippen LogP) is 2.42. The van der Waals surface area contributed by atoms with Crippen LogP contribution in [0.25, 0.3) is 0 Å². The van der Waals surface area contributed by atoms with E-state index in [1.807, 2.05) is 19.1 Å². The Morgan fingerprint density at radius 2 is 1.96 bits per heavy atom. The lowest BCUT2D eigenvalue weighted by Crippen LogP contribution is -2.43. The van der Waals surface area contributed by atoms with Crippen LogP contribution in [0.1, 0.15) is 31.4 Å². The van der Waals surface area contributed by atoms with Gasteiger partial charge in [0, 0.05) is 31.4 Å². The molecule has 1 atom stereocenters. The third-order valence-electron chi connectivity index (χ3n) is 4.48. The summed E-state index contributed by atoms with van der Waals surface area (Å²) in [7, 11) is -3.42. The van der Waals surface area contributed by atoms with Gasteiger partial charge in [0.15, 0.2) is 0 Å². The van der Waals surface area contributed by atoms with E-state index in [-0.39, 0.29) is 17.9 Å². The van der Waals surface area contributed by atoms with E-state index in [4.69, 9.17) is 0 Å². The SMILES string of the molecule is CC(NC(=O)C1CCN(S(=O)(=O)c2cccs2)CC1)c1ccncc1. The zero-order valence-electron chi connectivity index (χ0n) is 14.0. The summed E-state index contributed by atoms with van der Waals surface area (Å²) in [5.41, 5.74) is 1.00. The molecule has 1 saturated heterocycles. The minimum atomic E-state index is -3.42. The number of rotatable bonds is 5. The number of nitrogens with one attached hydrogen (secondary N) is 1. The largest absolute Gasteiger partial charge is 0.349 e. The van der Waals surface area contributed by atoms with Gasteiger partial charge in [-0.2, -0.15) is 4.31 Å². The van der Waals surface area contributed by atoms with Gasteiger partial charge in [0.25, 0.3) is 10.0 Å². The van der Waals surface area contributed by atoms with Gasteiger partial charge in [-0.3, -0.25) is 9.78 Å². The number of hydrogen-bond acceptors (Lipinski definition) is 5. The number of sulfonamides is 1. The molecule has 1 aliphatic rings. The van der Waals surface area contributed by atoms with Gasteiger partial charge in [-0.25, -0.2) is 8.42 Å². The van der Waals surface area contributed by atoms with Gasteiger partial charge in [-0.05, 0) is 48.9 Å². The Balaban J connectivity index is 1.56. The van der Waals surface area contributed by atoms with E-state index in [9.17, 15) is 13.2 Å². The summed E-state index contributed by atoms with van der Waals surface area (Å²) in [6.07, 6.45) is 4.48. The molecule has 6 nitrogen and oxygen atoms in total. The number of hydrogen-bond donors (Lipinski definition) is 1. The van der Waals surface area contributed by atoms with Crippen LogP contribution in [-0.2, 0) is 14.8 Å². The molecule has 1 N–H and O–H groups in total. The molecular weight excluding hydrogens is 358 g/mol. The van der Waals surface area contributed by atoms with E-state index < -0.39 is 10.0 Å². The minimum absolute atomic E-state index is 0.0162. The topological polar surface area (TPSA) is 79.4 Å². The third-order valence-corrected chi connectivity index (χ3v) is 7.75. The highest BCUT2D eigenvalue weighted by atomic mass is 32.2. The smallest absolute Gasteiger partial charge is 0.252 e. The minimum Gasteiger partial charge on any atom is -0.349 e. The fourth-order valence-corrected chi connectivity index (χ4v) is 5.58. The maximum atomic E-state index is 12.5. The molecule has 0 radical (unpaired) electrons. The van der Waals surface area contributed by atoms with Crippen molar-refractivity contribution in [2.24, 2.45) is 5.92 Å². The van der Waals surface area contributed by atoms with Crippen LogP contribution < -0.4 is 5.32 Å². The molecule has 0 saturated carbocycles. The first-order valence-electron chi connectivity index (χ1n) is 8.22. The van der Waals surface area contributed by atoms with Gasteiger partial charge in [0.2, 0.25) is 5.91 Å². The zero-order chi connectivity index (χ0) is 17.9. The molecular formula is C17H21N3O3S2. The fourth-order valence-electron chi connectivity index (χ4n) is 2.96. The first-order chi connectivity index (χ1) is 12.0. The van der Waals surface area contributed by atoms with E-state index in [1.165, 1.54) is 15.6 Å². The molecule has 134 valence electrons. The lowest BCUT2D eigenvalue weighted by atomic mass is 9.96. The van der Waals surface area contributed by atoms with E-state index in [0.29, 0.717) is 30.1 Å². The monoisotopic (exact) mass is 379 g/mol. The van der Waals surface area contributed by atoms with E-state index >= 15 is 0 Å². The molecule has 0 bridgehead atoms. The van der Waals surface area contributed by atoms with Gasteiger partial charge < -0.3 is 5.32 Å². The highest BCUT2D eigenvalue weighted by molar-refractivity contribution is 7.91. The third kappa shape index (κ3) is 4.08. The van der Waals surface area contributed by atoms with Gasteiger partial charge in [0.1, 0.15) is 4.21 Å². The lowest BCUT2D eigenvalue weighted by Gasteiger charge is -2.30. The van der Waals surface area contributed by atoms with Crippen molar-refractivity contribution >= 4 is 27.3 Å². The summed E-state index contributed by atoms with van der Waals surface area (Å²) in [6.45, 7) is 2.69. The Hall–Kier alpha value is -1.77. The van der Waals surface area contributed by atoms with Crippen molar-refractivity contribution in [1.82, 2.24) is 14.6 Å². The van der Waals surface area contributed by atoms with Gasteiger partial charge >= 0.3 is 0 Å². The molecule has 1 amide bonds. The van der Waals surface area contributed by atoms with E-state index in [0.717, 1.165) is 5.56 Å².